The van der Waals surface area contributed by atoms with E-state index >= 15 is 0 Å². The molecule has 1 saturated carbocycles. The Bertz CT molecular complexity index is 754. The molecule has 1 aromatic carbocycles. The van der Waals surface area contributed by atoms with Crippen LogP contribution in [-0.4, -0.2) is 46.9 Å². The first-order chi connectivity index (χ1) is 12.4. The van der Waals surface area contributed by atoms with Gasteiger partial charge in [0.05, 0.1) is 24.0 Å². The van der Waals surface area contributed by atoms with Crippen molar-refractivity contribution in [1.29, 1.82) is 0 Å². The van der Waals surface area contributed by atoms with E-state index in [0.717, 1.165) is 0 Å². The van der Waals surface area contributed by atoms with Crippen LogP contribution in [0.5, 0.6) is 0 Å². The number of benzene rings is 1. The summed E-state index contributed by atoms with van der Waals surface area (Å²) in [6.45, 7) is 1.41. The molecule has 1 saturated heterocycles. The van der Waals surface area contributed by atoms with Gasteiger partial charge < -0.3 is 20.4 Å². The van der Waals surface area contributed by atoms with Crippen molar-refractivity contribution < 1.29 is 29.0 Å². The molecule has 140 valence electrons. The number of anilines is 1. The molecule has 0 aromatic heterocycles. The fourth-order valence-electron chi connectivity index (χ4n) is 3.40. The Kier molecular flexibility index (Phi) is 5.08. The van der Waals surface area contributed by atoms with Gasteiger partial charge in [0, 0.05) is 6.92 Å². The van der Waals surface area contributed by atoms with Crippen LogP contribution in [0.25, 0.3) is 0 Å². The van der Waals surface area contributed by atoms with Crippen molar-refractivity contribution in [3.05, 3.63) is 29.6 Å². The van der Waals surface area contributed by atoms with Crippen LogP contribution in [0.4, 0.5) is 14.9 Å². The highest BCUT2D eigenvalue weighted by Gasteiger charge is 2.34. The third kappa shape index (κ3) is 3.62. The van der Waals surface area contributed by atoms with Gasteiger partial charge in [-0.1, -0.05) is 11.2 Å². The summed E-state index contributed by atoms with van der Waals surface area (Å²) in [5.41, 5.74) is 1.08. The molecule has 1 aromatic rings. The molecule has 1 aliphatic carbocycles. The molecule has 1 heterocycles. The Morgan fingerprint density at radius 3 is 2.85 bits per heavy atom. The fraction of sp³-hybridized carbons (Fsp3) is 0.471. The molecule has 9 heteroatoms. The van der Waals surface area contributed by atoms with Crippen molar-refractivity contribution in [2.24, 2.45) is 5.16 Å². The SMILES string of the molecule is CC(=O)NC1CN(c2ccc(C3CCC(=NO)C(O)C3)c(F)c2)C(=O)O1. The summed E-state index contributed by atoms with van der Waals surface area (Å²) in [5.74, 6) is -1.02. The van der Waals surface area contributed by atoms with Gasteiger partial charge >= 0.3 is 6.09 Å². The average molecular weight is 365 g/mol. The minimum absolute atomic E-state index is 0.0929. The molecule has 26 heavy (non-hydrogen) atoms. The number of amides is 2. The molecule has 1 aliphatic heterocycles. The largest absolute Gasteiger partial charge is 0.423 e. The van der Waals surface area contributed by atoms with Gasteiger partial charge in [-0.2, -0.15) is 0 Å². The second-order valence-electron chi connectivity index (χ2n) is 6.47. The maximum absolute atomic E-state index is 14.6. The molecule has 2 aliphatic rings. The van der Waals surface area contributed by atoms with E-state index < -0.39 is 24.2 Å². The lowest BCUT2D eigenvalue weighted by molar-refractivity contribution is -0.121. The number of hydrogen-bond donors (Lipinski definition) is 3. The van der Waals surface area contributed by atoms with Crippen molar-refractivity contribution in [3.8, 4) is 0 Å². The lowest BCUT2D eigenvalue weighted by Gasteiger charge is -2.27. The van der Waals surface area contributed by atoms with E-state index in [1.165, 1.54) is 17.9 Å². The number of nitrogens with zero attached hydrogens (tertiary/aromatic N) is 2. The van der Waals surface area contributed by atoms with Crippen molar-refractivity contribution in [2.75, 3.05) is 11.4 Å². The highest BCUT2D eigenvalue weighted by molar-refractivity contribution is 5.90. The van der Waals surface area contributed by atoms with Crippen LogP contribution in [0.3, 0.4) is 0 Å². The first-order valence-electron chi connectivity index (χ1n) is 8.32. The Balaban J connectivity index is 1.74. The van der Waals surface area contributed by atoms with Crippen LogP contribution in [0.2, 0.25) is 0 Å². The quantitative estimate of drug-likeness (QED) is 0.558. The smallest absolute Gasteiger partial charge is 0.416 e. The highest BCUT2D eigenvalue weighted by atomic mass is 19.1. The Morgan fingerprint density at radius 1 is 1.46 bits per heavy atom. The molecular formula is C17H20FN3O5. The molecule has 0 spiro atoms. The molecule has 0 bridgehead atoms. The number of carbonyl (C=O) groups excluding carboxylic acids is 2. The monoisotopic (exact) mass is 365 g/mol. The van der Waals surface area contributed by atoms with Gasteiger partial charge in [-0.25, -0.2) is 9.18 Å². The maximum atomic E-state index is 14.6. The summed E-state index contributed by atoms with van der Waals surface area (Å²) in [6, 6.07) is 4.44. The van der Waals surface area contributed by atoms with Crippen molar-refractivity contribution in [3.63, 3.8) is 0 Å². The summed E-state index contributed by atoms with van der Waals surface area (Å²) in [6.07, 6.45) is -1.11. The Morgan fingerprint density at radius 2 is 2.23 bits per heavy atom. The summed E-state index contributed by atoms with van der Waals surface area (Å²) < 4.78 is 19.6. The van der Waals surface area contributed by atoms with Crippen LogP contribution < -0.4 is 10.2 Å². The lowest BCUT2D eigenvalue weighted by atomic mass is 9.81. The van der Waals surface area contributed by atoms with Crippen LogP contribution >= 0.6 is 0 Å². The highest BCUT2D eigenvalue weighted by Crippen LogP contribution is 2.35. The third-order valence-corrected chi connectivity index (χ3v) is 4.68. The number of rotatable bonds is 3. The van der Waals surface area contributed by atoms with Gasteiger partial charge in [-0.05, 0) is 42.9 Å². The minimum Gasteiger partial charge on any atom is -0.423 e. The first-order valence-corrected chi connectivity index (χ1v) is 8.32. The predicted molar refractivity (Wildman–Crippen MR) is 89.7 cm³/mol. The fourth-order valence-corrected chi connectivity index (χ4v) is 3.40. The van der Waals surface area contributed by atoms with Gasteiger partial charge in [0.15, 0.2) is 6.23 Å². The zero-order valence-electron chi connectivity index (χ0n) is 14.2. The summed E-state index contributed by atoms with van der Waals surface area (Å²) in [5, 5.41) is 24.3. The topological polar surface area (TPSA) is 111 Å². The third-order valence-electron chi connectivity index (χ3n) is 4.68. The number of oxime groups is 1. The predicted octanol–water partition coefficient (Wildman–Crippen LogP) is 1.70. The van der Waals surface area contributed by atoms with E-state index in [-0.39, 0.29) is 24.8 Å². The number of nitrogens with one attached hydrogen (secondary N) is 1. The van der Waals surface area contributed by atoms with Gasteiger partial charge in [-0.15, -0.1) is 0 Å². The van der Waals surface area contributed by atoms with Crippen molar-refractivity contribution in [1.82, 2.24) is 5.32 Å². The summed E-state index contributed by atoms with van der Waals surface area (Å²) in [7, 11) is 0. The number of carbonyl (C=O) groups is 2. The van der Waals surface area contributed by atoms with Crippen molar-refractivity contribution >= 4 is 23.4 Å². The number of hydrogen-bond acceptors (Lipinski definition) is 6. The van der Waals surface area contributed by atoms with Crippen molar-refractivity contribution in [2.45, 2.75) is 44.4 Å². The molecule has 2 amide bonds. The molecular weight excluding hydrogens is 345 g/mol. The summed E-state index contributed by atoms with van der Waals surface area (Å²) in [4.78, 5) is 24.3. The van der Waals surface area contributed by atoms with Crippen LogP contribution in [0, 0.1) is 5.82 Å². The number of ether oxygens (including phenoxy) is 1. The number of cyclic esters (lactones) is 1. The number of aliphatic hydroxyl groups is 1. The normalized spacial score (nSPS) is 27.5. The van der Waals surface area contributed by atoms with E-state index in [1.54, 1.807) is 12.1 Å². The Hall–Kier alpha value is -2.68. The van der Waals surface area contributed by atoms with Gasteiger partial charge in [0.1, 0.15) is 5.82 Å². The molecule has 3 N–H and O–H groups in total. The molecule has 3 unspecified atom stereocenters. The molecule has 8 nitrogen and oxygen atoms in total. The lowest BCUT2D eigenvalue weighted by Crippen LogP contribution is -2.36. The summed E-state index contributed by atoms with van der Waals surface area (Å²) >= 11 is 0. The number of halogens is 1. The minimum atomic E-state index is -0.898. The second kappa shape index (κ2) is 7.28. The van der Waals surface area contributed by atoms with Gasteiger partial charge in [0.25, 0.3) is 0 Å². The average Bonchev–Trinajstić information content (AvgIpc) is 2.94. The van der Waals surface area contributed by atoms with E-state index in [1.807, 2.05) is 0 Å². The standard InChI is InChI=1S/C17H20FN3O5/c1-9(22)19-16-8-21(17(24)26-16)11-3-4-12(13(18)7-11)10-2-5-14(20-25)15(23)6-10/h3-4,7,10,15-16,23,25H,2,5-6,8H2,1H3,(H,19,22). The molecule has 0 radical (unpaired) electrons. The number of aliphatic hydroxyl groups excluding tert-OH is 1. The molecule has 2 fully saturated rings. The molecule has 3 atom stereocenters. The van der Waals surface area contributed by atoms with E-state index in [4.69, 9.17) is 9.94 Å². The van der Waals surface area contributed by atoms with Crippen LogP contribution in [0.15, 0.2) is 23.4 Å². The van der Waals surface area contributed by atoms with E-state index in [9.17, 15) is 19.1 Å². The zero-order chi connectivity index (χ0) is 18.8. The van der Waals surface area contributed by atoms with Gasteiger partial charge in [-0.3, -0.25) is 9.69 Å². The van der Waals surface area contributed by atoms with E-state index in [2.05, 4.69) is 10.5 Å². The van der Waals surface area contributed by atoms with E-state index in [0.29, 0.717) is 29.8 Å². The second-order valence-corrected chi connectivity index (χ2v) is 6.47. The zero-order valence-corrected chi connectivity index (χ0v) is 14.2. The van der Waals surface area contributed by atoms with Crippen LogP contribution in [-0.2, 0) is 9.53 Å². The first kappa shape index (κ1) is 18.1. The maximum Gasteiger partial charge on any atom is 0.416 e. The van der Waals surface area contributed by atoms with Crippen LogP contribution in [0.1, 0.15) is 37.7 Å². The Labute approximate surface area is 149 Å². The van der Waals surface area contributed by atoms with Gasteiger partial charge in [0.2, 0.25) is 5.91 Å². The molecule has 3 rings (SSSR count).